The highest BCUT2D eigenvalue weighted by Gasteiger charge is 2.23. The fourth-order valence-electron chi connectivity index (χ4n) is 2.47. The molecule has 1 aromatic carbocycles. The van der Waals surface area contributed by atoms with Crippen molar-refractivity contribution in [1.82, 2.24) is 0 Å². The van der Waals surface area contributed by atoms with E-state index in [1.165, 1.54) is 25.0 Å². The molecular weight excluding hydrogens is 219 g/mol. The molecule has 0 radical (unpaired) electrons. The Morgan fingerprint density at radius 2 is 1.82 bits per heavy atom. The van der Waals surface area contributed by atoms with Gasteiger partial charge in [0.1, 0.15) is 11.6 Å². The minimum absolute atomic E-state index is 0.0449. The summed E-state index contributed by atoms with van der Waals surface area (Å²) in [5, 5.41) is 9.12. The predicted molar refractivity (Wildman–Crippen MR) is 63.6 cm³/mol. The van der Waals surface area contributed by atoms with Crippen molar-refractivity contribution in [3.63, 3.8) is 0 Å². The highest BCUT2D eigenvalue weighted by atomic mass is 19.1. The smallest absolute Gasteiger partial charge is 0.168 e. The Morgan fingerprint density at radius 1 is 1.18 bits per heavy atom. The molecule has 2 nitrogen and oxygen atoms in total. The number of aromatic hydroxyl groups is 1. The molecule has 1 aliphatic rings. The maximum absolute atomic E-state index is 13.6. The first-order valence-electron chi connectivity index (χ1n) is 6.21. The van der Waals surface area contributed by atoms with E-state index < -0.39 is 5.82 Å². The summed E-state index contributed by atoms with van der Waals surface area (Å²) in [4.78, 5) is 12.2. The van der Waals surface area contributed by atoms with E-state index in [1.54, 1.807) is 0 Å². The summed E-state index contributed by atoms with van der Waals surface area (Å²) in [6, 6.07) is 3.76. The van der Waals surface area contributed by atoms with Gasteiger partial charge in [0.05, 0.1) is 5.56 Å². The van der Waals surface area contributed by atoms with Crippen LogP contribution < -0.4 is 0 Å². The van der Waals surface area contributed by atoms with Gasteiger partial charge in [0, 0.05) is 12.0 Å². The summed E-state index contributed by atoms with van der Waals surface area (Å²) >= 11 is 0. The Morgan fingerprint density at radius 3 is 2.41 bits per heavy atom. The van der Waals surface area contributed by atoms with Crippen LogP contribution in [0.5, 0.6) is 5.75 Å². The molecule has 3 heteroatoms. The van der Waals surface area contributed by atoms with E-state index >= 15 is 0 Å². The number of rotatable bonds is 2. The summed E-state index contributed by atoms with van der Waals surface area (Å²) in [5.74, 6) is -0.903. The average molecular weight is 236 g/mol. The van der Waals surface area contributed by atoms with Gasteiger partial charge in [-0.25, -0.2) is 4.39 Å². The van der Waals surface area contributed by atoms with Gasteiger partial charge in [-0.2, -0.15) is 0 Å². The topological polar surface area (TPSA) is 37.3 Å². The Bertz CT molecular complexity index is 407. The second kappa shape index (κ2) is 5.30. The fourth-order valence-corrected chi connectivity index (χ4v) is 2.47. The van der Waals surface area contributed by atoms with Crippen LogP contribution >= 0.6 is 0 Å². The number of phenols is 1. The number of hydrogen-bond donors (Lipinski definition) is 1. The number of ketones is 1. The average Bonchev–Trinajstić information content (AvgIpc) is 2.56. The van der Waals surface area contributed by atoms with Gasteiger partial charge < -0.3 is 5.11 Å². The third kappa shape index (κ3) is 2.84. The summed E-state index contributed by atoms with van der Waals surface area (Å²) in [5.41, 5.74) is 0.120. The highest BCUT2D eigenvalue weighted by molar-refractivity contribution is 5.98. The molecule has 1 saturated carbocycles. The Kier molecular flexibility index (Phi) is 3.77. The van der Waals surface area contributed by atoms with Crippen LogP contribution in [0.3, 0.4) is 0 Å². The molecule has 2 rings (SSSR count). The summed E-state index contributed by atoms with van der Waals surface area (Å²) < 4.78 is 13.6. The molecule has 1 aromatic rings. The zero-order valence-corrected chi connectivity index (χ0v) is 9.79. The maximum Gasteiger partial charge on any atom is 0.168 e. The van der Waals surface area contributed by atoms with Crippen LogP contribution in [0.15, 0.2) is 18.2 Å². The molecule has 0 aromatic heterocycles. The number of carbonyl (C=O) groups excluding carboxylic acids is 1. The summed E-state index contributed by atoms with van der Waals surface area (Å²) in [6.07, 6.45) is 6.16. The standard InChI is InChI=1S/C14H17FO2/c15-13-9-11(16)7-8-12(13)14(17)10-5-3-1-2-4-6-10/h7-10,16H,1-6H2. The molecule has 0 amide bonds. The molecule has 1 aliphatic carbocycles. The fraction of sp³-hybridized carbons (Fsp3) is 0.500. The van der Waals surface area contributed by atoms with E-state index in [0.717, 1.165) is 31.7 Å². The molecule has 0 heterocycles. The minimum Gasteiger partial charge on any atom is -0.508 e. The lowest BCUT2D eigenvalue weighted by Gasteiger charge is -2.13. The molecule has 1 N–H and O–H groups in total. The lowest BCUT2D eigenvalue weighted by molar-refractivity contribution is 0.0903. The molecule has 0 spiro atoms. The van der Waals surface area contributed by atoms with Crippen molar-refractivity contribution in [2.24, 2.45) is 5.92 Å². The number of hydrogen-bond acceptors (Lipinski definition) is 2. The SMILES string of the molecule is O=C(c1ccc(O)cc1F)C1CCCCCC1. The normalized spacial score (nSPS) is 17.7. The predicted octanol–water partition coefficient (Wildman–Crippen LogP) is 3.68. The molecule has 92 valence electrons. The first kappa shape index (κ1) is 12.1. The van der Waals surface area contributed by atoms with Crippen molar-refractivity contribution in [3.8, 4) is 5.75 Å². The van der Waals surface area contributed by atoms with Gasteiger partial charge in [0.2, 0.25) is 0 Å². The van der Waals surface area contributed by atoms with Crippen molar-refractivity contribution < 1.29 is 14.3 Å². The van der Waals surface area contributed by atoms with Crippen LogP contribution in [-0.4, -0.2) is 10.9 Å². The quantitative estimate of drug-likeness (QED) is 0.628. The van der Waals surface area contributed by atoms with Crippen molar-refractivity contribution >= 4 is 5.78 Å². The third-order valence-corrected chi connectivity index (χ3v) is 3.44. The molecular formula is C14H17FO2. The number of carbonyl (C=O) groups is 1. The van der Waals surface area contributed by atoms with Crippen molar-refractivity contribution in [3.05, 3.63) is 29.6 Å². The zero-order valence-electron chi connectivity index (χ0n) is 9.79. The Balaban J connectivity index is 2.17. The van der Waals surface area contributed by atoms with Gasteiger partial charge in [-0.05, 0) is 25.0 Å². The highest BCUT2D eigenvalue weighted by Crippen LogP contribution is 2.27. The third-order valence-electron chi connectivity index (χ3n) is 3.44. The van der Waals surface area contributed by atoms with Gasteiger partial charge in [0.15, 0.2) is 5.78 Å². The Hall–Kier alpha value is -1.38. The summed E-state index contributed by atoms with van der Waals surface area (Å²) in [7, 11) is 0. The Labute approximate surface area is 100 Å². The largest absolute Gasteiger partial charge is 0.508 e. The van der Waals surface area contributed by atoms with Crippen LogP contribution in [-0.2, 0) is 0 Å². The van der Waals surface area contributed by atoms with Crippen molar-refractivity contribution in [2.75, 3.05) is 0 Å². The van der Waals surface area contributed by atoms with Crippen molar-refractivity contribution in [1.29, 1.82) is 0 Å². The molecule has 17 heavy (non-hydrogen) atoms. The van der Waals surface area contributed by atoms with Crippen molar-refractivity contribution in [2.45, 2.75) is 38.5 Å². The number of halogens is 1. The monoisotopic (exact) mass is 236 g/mol. The molecule has 0 saturated heterocycles. The van der Waals surface area contributed by atoms with Gasteiger partial charge in [0.25, 0.3) is 0 Å². The van der Waals surface area contributed by atoms with E-state index in [-0.39, 0.29) is 23.0 Å². The first-order chi connectivity index (χ1) is 8.18. The molecule has 0 unspecified atom stereocenters. The number of phenolic OH excluding ortho intramolecular Hbond substituents is 1. The number of benzene rings is 1. The van der Waals surface area contributed by atoms with Crippen LogP contribution in [0.2, 0.25) is 0 Å². The van der Waals surface area contributed by atoms with E-state index in [0.29, 0.717) is 0 Å². The molecule has 1 fully saturated rings. The van der Waals surface area contributed by atoms with Crippen LogP contribution in [0, 0.1) is 11.7 Å². The summed E-state index contributed by atoms with van der Waals surface area (Å²) in [6.45, 7) is 0. The minimum atomic E-state index is -0.612. The van der Waals surface area contributed by atoms with Crippen LogP contribution in [0.4, 0.5) is 4.39 Å². The van der Waals surface area contributed by atoms with Gasteiger partial charge >= 0.3 is 0 Å². The molecule has 0 aliphatic heterocycles. The van der Waals surface area contributed by atoms with Gasteiger partial charge in [-0.15, -0.1) is 0 Å². The second-order valence-corrected chi connectivity index (χ2v) is 4.72. The molecule has 0 atom stereocenters. The lowest BCUT2D eigenvalue weighted by atomic mass is 9.91. The first-order valence-corrected chi connectivity index (χ1v) is 6.21. The van der Waals surface area contributed by atoms with Crippen LogP contribution in [0.25, 0.3) is 0 Å². The lowest BCUT2D eigenvalue weighted by Crippen LogP contribution is -2.15. The zero-order chi connectivity index (χ0) is 12.3. The van der Waals surface area contributed by atoms with E-state index in [2.05, 4.69) is 0 Å². The van der Waals surface area contributed by atoms with E-state index in [9.17, 15) is 9.18 Å². The second-order valence-electron chi connectivity index (χ2n) is 4.72. The van der Waals surface area contributed by atoms with Gasteiger partial charge in [-0.1, -0.05) is 25.7 Å². The van der Waals surface area contributed by atoms with E-state index in [1.807, 2.05) is 0 Å². The molecule has 0 bridgehead atoms. The van der Waals surface area contributed by atoms with E-state index in [4.69, 9.17) is 5.11 Å². The van der Waals surface area contributed by atoms with Crippen LogP contribution in [0.1, 0.15) is 48.9 Å². The number of Topliss-reactive ketones (excluding diaryl/α,β-unsaturated/α-hetero) is 1. The van der Waals surface area contributed by atoms with Gasteiger partial charge in [-0.3, -0.25) is 4.79 Å². The maximum atomic E-state index is 13.6.